The summed E-state index contributed by atoms with van der Waals surface area (Å²) in [7, 11) is 0. The number of aryl methyl sites for hydroxylation is 3. The zero-order valence-electron chi connectivity index (χ0n) is 15.0. The Labute approximate surface area is 148 Å². The summed E-state index contributed by atoms with van der Waals surface area (Å²) < 4.78 is 0. The van der Waals surface area contributed by atoms with Gasteiger partial charge in [0.15, 0.2) is 0 Å². The molecule has 0 bridgehead atoms. The molecule has 2 rings (SSSR count). The van der Waals surface area contributed by atoms with E-state index in [4.69, 9.17) is 0 Å². The largest absolute Gasteiger partial charge is 0.338 e. The maximum Gasteiger partial charge on any atom is 0.315 e. The molecule has 25 heavy (non-hydrogen) atoms. The van der Waals surface area contributed by atoms with Crippen LogP contribution < -0.4 is 16.0 Å². The van der Waals surface area contributed by atoms with Crippen molar-refractivity contribution in [3.8, 4) is 0 Å². The van der Waals surface area contributed by atoms with Crippen LogP contribution in [0.1, 0.15) is 22.3 Å². The summed E-state index contributed by atoms with van der Waals surface area (Å²) >= 11 is 0. The minimum atomic E-state index is -0.342. The van der Waals surface area contributed by atoms with Crippen LogP contribution in [0.5, 0.6) is 0 Å². The number of nitrogens with one attached hydrogen (secondary N) is 3. The van der Waals surface area contributed by atoms with E-state index in [1.54, 1.807) is 0 Å². The first-order valence-corrected chi connectivity index (χ1v) is 8.39. The molecule has 0 saturated carbocycles. The van der Waals surface area contributed by atoms with E-state index in [1.165, 1.54) is 11.1 Å². The molecular formula is C20H25N3O2. The average molecular weight is 339 g/mol. The molecule has 3 N–H and O–H groups in total. The molecule has 5 nitrogen and oxygen atoms in total. The number of rotatable bonds is 6. The van der Waals surface area contributed by atoms with Crippen molar-refractivity contribution in [3.63, 3.8) is 0 Å². The molecule has 0 radical (unpaired) electrons. The van der Waals surface area contributed by atoms with Gasteiger partial charge in [0.25, 0.3) is 0 Å². The Balaban J connectivity index is 1.73. The summed E-state index contributed by atoms with van der Waals surface area (Å²) in [5.74, 6) is -0.244. The molecule has 0 aliphatic rings. The van der Waals surface area contributed by atoms with Crippen molar-refractivity contribution in [2.45, 2.75) is 27.2 Å². The fraction of sp³-hybridized carbons (Fsp3) is 0.300. The molecule has 132 valence electrons. The summed E-state index contributed by atoms with van der Waals surface area (Å²) in [6.45, 7) is 6.38. The maximum atomic E-state index is 12.0. The zero-order valence-corrected chi connectivity index (χ0v) is 15.0. The number of urea groups is 1. The maximum absolute atomic E-state index is 12.0. The summed E-state index contributed by atoms with van der Waals surface area (Å²) in [6.07, 6.45) is 0.759. The standard InChI is InChI=1S/C20H25N3O2/c1-14-7-4-5-10-17(14)11-12-21-20(25)22-13-18(24)23-19-15(2)8-6-9-16(19)3/h4-10H,11-13H2,1-3H3,(H,23,24)(H2,21,22,25). The lowest BCUT2D eigenvalue weighted by Gasteiger charge is -2.12. The van der Waals surface area contributed by atoms with Gasteiger partial charge in [-0.15, -0.1) is 0 Å². The average Bonchev–Trinajstić information content (AvgIpc) is 2.58. The summed E-state index contributed by atoms with van der Waals surface area (Å²) in [5, 5.41) is 8.19. The third kappa shape index (κ3) is 5.64. The van der Waals surface area contributed by atoms with Crippen LogP contribution in [0.25, 0.3) is 0 Å². The fourth-order valence-corrected chi connectivity index (χ4v) is 2.62. The molecule has 5 heteroatoms. The Morgan fingerprint density at radius 2 is 1.48 bits per heavy atom. The Kier molecular flexibility index (Phi) is 6.57. The third-order valence-corrected chi connectivity index (χ3v) is 4.10. The number of hydrogen-bond acceptors (Lipinski definition) is 2. The molecule has 0 fully saturated rings. The van der Waals surface area contributed by atoms with Crippen LogP contribution in [-0.2, 0) is 11.2 Å². The van der Waals surface area contributed by atoms with Crippen molar-refractivity contribution in [2.24, 2.45) is 0 Å². The van der Waals surface area contributed by atoms with Gasteiger partial charge < -0.3 is 16.0 Å². The molecule has 0 heterocycles. The molecule has 0 aliphatic heterocycles. The molecular weight excluding hydrogens is 314 g/mol. The van der Waals surface area contributed by atoms with E-state index in [9.17, 15) is 9.59 Å². The molecule has 0 aromatic heterocycles. The Hall–Kier alpha value is -2.82. The highest BCUT2D eigenvalue weighted by molar-refractivity contribution is 5.95. The molecule has 3 amide bonds. The fourth-order valence-electron chi connectivity index (χ4n) is 2.62. The molecule has 2 aromatic rings. The Bertz CT molecular complexity index is 736. The monoisotopic (exact) mass is 339 g/mol. The highest BCUT2D eigenvalue weighted by atomic mass is 16.2. The number of anilines is 1. The lowest BCUT2D eigenvalue weighted by molar-refractivity contribution is -0.115. The smallest absolute Gasteiger partial charge is 0.315 e. The van der Waals surface area contributed by atoms with E-state index < -0.39 is 0 Å². The molecule has 0 aliphatic carbocycles. The molecule has 0 spiro atoms. The second kappa shape index (κ2) is 8.87. The van der Waals surface area contributed by atoms with Crippen molar-refractivity contribution in [3.05, 3.63) is 64.7 Å². The number of para-hydroxylation sites is 1. The number of carbonyl (C=O) groups excluding carboxylic acids is 2. The summed E-state index contributed by atoms with van der Waals surface area (Å²) in [4.78, 5) is 23.8. The second-order valence-electron chi connectivity index (χ2n) is 6.10. The van der Waals surface area contributed by atoms with Gasteiger partial charge in [0.05, 0.1) is 6.54 Å². The van der Waals surface area contributed by atoms with Gasteiger partial charge in [0.1, 0.15) is 0 Å². The van der Waals surface area contributed by atoms with Gasteiger partial charge in [-0.2, -0.15) is 0 Å². The van der Waals surface area contributed by atoms with Crippen molar-refractivity contribution in [2.75, 3.05) is 18.4 Å². The van der Waals surface area contributed by atoms with Gasteiger partial charge >= 0.3 is 6.03 Å². The quantitative estimate of drug-likeness (QED) is 0.757. The number of amides is 3. The van der Waals surface area contributed by atoms with Gasteiger partial charge in [-0.1, -0.05) is 42.5 Å². The summed E-state index contributed by atoms with van der Waals surface area (Å²) in [5.41, 5.74) is 5.20. The molecule has 0 atom stereocenters. The first-order chi connectivity index (χ1) is 12.0. The van der Waals surface area contributed by atoms with Gasteiger partial charge in [0, 0.05) is 12.2 Å². The molecule has 0 saturated heterocycles. The van der Waals surface area contributed by atoms with Crippen LogP contribution in [0.4, 0.5) is 10.5 Å². The lowest BCUT2D eigenvalue weighted by Crippen LogP contribution is -2.40. The van der Waals surface area contributed by atoms with E-state index in [-0.39, 0.29) is 18.5 Å². The SMILES string of the molecule is Cc1ccccc1CCNC(=O)NCC(=O)Nc1c(C)cccc1C. The van der Waals surface area contributed by atoms with Crippen molar-refractivity contribution < 1.29 is 9.59 Å². The highest BCUT2D eigenvalue weighted by Gasteiger charge is 2.08. The Morgan fingerprint density at radius 3 is 2.16 bits per heavy atom. The first-order valence-electron chi connectivity index (χ1n) is 8.39. The van der Waals surface area contributed by atoms with Crippen molar-refractivity contribution in [1.29, 1.82) is 0 Å². The van der Waals surface area contributed by atoms with Gasteiger partial charge in [0.2, 0.25) is 5.91 Å². The van der Waals surface area contributed by atoms with E-state index >= 15 is 0 Å². The van der Waals surface area contributed by atoms with Crippen LogP contribution in [0, 0.1) is 20.8 Å². The minimum absolute atomic E-state index is 0.0655. The normalized spacial score (nSPS) is 10.2. The molecule has 0 unspecified atom stereocenters. The number of carbonyl (C=O) groups is 2. The van der Waals surface area contributed by atoms with E-state index in [0.29, 0.717) is 6.54 Å². The lowest BCUT2D eigenvalue weighted by atomic mass is 10.1. The van der Waals surface area contributed by atoms with E-state index in [1.807, 2.05) is 63.2 Å². The topological polar surface area (TPSA) is 70.2 Å². The van der Waals surface area contributed by atoms with Crippen LogP contribution in [0.2, 0.25) is 0 Å². The van der Waals surface area contributed by atoms with Gasteiger partial charge in [-0.3, -0.25) is 4.79 Å². The summed E-state index contributed by atoms with van der Waals surface area (Å²) in [6, 6.07) is 13.6. The minimum Gasteiger partial charge on any atom is -0.338 e. The predicted molar refractivity (Wildman–Crippen MR) is 101 cm³/mol. The van der Waals surface area contributed by atoms with Crippen LogP contribution >= 0.6 is 0 Å². The molecule has 2 aromatic carbocycles. The first kappa shape index (κ1) is 18.5. The zero-order chi connectivity index (χ0) is 18.2. The van der Waals surface area contributed by atoms with Crippen molar-refractivity contribution in [1.82, 2.24) is 10.6 Å². The van der Waals surface area contributed by atoms with Crippen molar-refractivity contribution >= 4 is 17.6 Å². The third-order valence-electron chi connectivity index (χ3n) is 4.10. The second-order valence-corrected chi connectivity index (χ2v) is 6.10. The van der Waals surface area contributed by atoms with Gasteiger partial charge in [-0.25, -0.2) is 4.79 Å². The Morgan fingerprint density at radius 1 is 0.840 bits per heavy atom. The van der Waals surface area contributed by atoms with Crippen LogP contribution in [-0.4, -0.2) is 25.0 Å². The van der Waals surface area contributed by atoms with Crippen LogP contribution in [0.3, 0.4) is 0 Å². The number of benzene rings is 2. The van der Waals surface area contributed by atoms with E-state index in [2.05, 4.69) is 16.0 Å². The van der Waals surface area contributed by atoms with E-state index in [0.717, 1.165) is 23.2 Å². The predicted octanol–water partition coefficient (Wildman–Crippen LogP) is 3.09. The number of hydrogen-bond donors (Lipinski definition) is 3. The highest BCUT2D eigenvalue weighted by Crippen LogP contribution is 2.18. The van der Waals surface area contributed by atoms with Crippen LogP contribution in [0.15, 0.2) is 42.5 Å². The van der Waals surface area contributed by atoms with Gasteiger partial charge in [-0.05, 0) is 49.4 Å².